The van der Waals surface area contributed by atoms with Crippen molar-refractivity contribution >= 4 is 27.8 Å². The van der Waals surface area contributed by atoms with Crippen molar-refractivity contribution in [2.45, 2.75) is 34.2 Å². The lowest BCUT2D eigenvalue weighted by Crippen LogP contribution is -2.47. The van der Waals surface area contributed by atoms with Gasteiger partial charge in [-0.2, -0.15) is 4.72 Å². The molecule has 3 unspecified atom stereocenters. The molecule has 0 saturated heterocycles. The van der Waals surface area contributed by atoms with Gasteiger partial charge in [0, 0.05) is 17.7 Å². The fourth-order valence-electron chi connectivity index (χ4n) is 3.91. The van der Waals surface area contributed by atoms with E-state index in [1.165, 1.54) is 0 Å². The Labute approximate surface area is 178 Å². The molecular formula is C21H19N3O4S2. The van der Waals surface area contributed by atoms with Crippen LogP contribution in [0.4, 0.5) is 0 Å². The van der Waals surface area contributed by atoms with Crippen LogP contribution in [0.25, 0.3) is 11.3 Å². The van der Waals surface area contributed by atoms with Crippen LogP contribution in [0.3, 0.4) is 0 Å². The molecule has 5 rings (SSSR count). The topological polar surface area (TPSA) is 101 Å². The number of nitrogens with zero attached hydrogens (tertiary/aromatic N) is 2. The Hall–Kier alpha value is -2.62. The van der Waals surface area contributed by atoms with Crippen LogP contribution in [0, 0.1) is 0 Å². The zero-order valence-corrected chi connectivity index (χ0v) is 17.4. The number of carboxylic acid groups (broad SMARTS) is 1. The van der Waals surface area contributed by atoms with Crippen LogP contribution in [0.1, 0.15) is 17.9 Å². The number of hydrogen-bond donors (Lipinski definition) is 2. The van der Waals surface area contributed by atoms with Gasteiger partial charge in [-0.3, -0.25) is 4.79 Å². The summed E-state index contributed by atoms with van der Waals surface area (Å²) in [6.07, 6.45) is 2.08. The maximum absolute atomic E-state index is 13.1. The molecule has 1 aliphatic carbocycles. The van der Waals surface area contributed by atoms with E-state index >= 15 is 0 Å². The Morgan fingerprint density at radius 1 is 1.13 bits per heavy atom. The number of aromatic nitrogens is 2. The second-order valence-electron chi connectivity index (χ2n) is 7.57. The Morgan fingerprint density at radius 3 is 2.43 bits per heavy atom. The molecule has 1 aliphatic heterocycles. The van der Waals surface area contributed by atoms with Crippen molar-refractivity contribution in [3.05, 3.63) is 72.4 Å². The molecule has 1 fully saturated rings. The first-order valence-electron chi connectivity index (χ1n) is 9.49. The van der Waals surface area contributed by atoms with Crippen molar-refractivity contribution in [3.63, 3.8) is 0 Å². The minimum Gasteiger partial charge on any atom is -0.480 e. The first kappa shape index (κ1) is 19.3. The van der Waals surface area contributed by atoms with Gasteiger partial charge in [-0.25, -0.2) is 13.4 Å². The summed E-state index contributed by atoms with van der Waals surface area (Å²) < 4.78 is 29.6. The van der Waals surface area contributed by atoms with Crippen LogP contribution in [-0.4, -0.2) is 39.2 Å². The molecule has 2 heterocycles. The van der Waals surface area contributed by atoms with Crippen molar-refractivity contribution in [3.8, 4) is 11.3 Å². The van der Waals surface area contributed by atoms with Gasteiger partial charge in [-0.1, -0.05) is 72.4 Å². The number of carbonyl (C=O) groups is 1. The molecule has 30 heavy (non-hydrogen) atoms. The molecular weight excluding hydrogens is 422 g/mol. The molecule has 2 aromatic carbocycles. The van der Waals surface area contributed by atoms with Crippen molar-refractivity contribution in [1.29, 1.82) is 0 Å². The third kappa shape index (κ3) is 3.23. The minimum atomic E-state index is -3.88. The molecule has 154 valence electrons. The van der Waals surface area contributed by atoms with Crippen LogP contribution in [0.5, 0.6) is 0 Å². The zero-order chi connectivity index (χ0) is 20.9. The average Bonchev–Trinajstić information content (AvgIpc) is 3.10. The number of aliphatic carboxylic acids is 1. The molecule has 9 heteroatoms. The summed E-state index contributed by atoms with van der Waals surface area (Å²) in [7, 11) is -3.88. The van der Waals surface area contributed by atoms with Gasteiger partial charge in [0.1, 0.15) is 10.1 Å². The number of benzene rings is 2. The number of hydrogen-bond acceptors (Lipinski definition) is 5. The third-order valence-electron chi connectivity index (χ3n) is 5.61. The molecule has 3 aromatic rings. The normalized spacial score (nSPS) is 25.1. The van der Waals surface area contributed by atoms with E-state index in [1.807, 2.05) is 71.4 Å². The highest BCUT2D eigenvalue weighted by atomic mass is 32.3. The summed E-state index contributed by atoms with van der Waals surface area (Å²) in [6.45, 7) is 0.223. The van der Waals surface area contributed by atoms with Crippen LogP contribution in [-0.2, 0) is 21.4 Å². The van der Waals surface area contributed by atoms with Gasteiger partial charge >= 0.3 is 5.97 Å². The van der Waals surface area contributed by atoms with E-state index in [9.17, 15) is 18.3 Å². The highest BCUT2D eigenvalue weighted by Crippen LogP contribution is 2.52. The minimum absolute atomic E-state index is 0.223. The van der Waals surface area contributed by atoms with E-state index in [4.69, 9.17) is 0 Å². The van der Waals surface area contributed by atoms with Crippen molar-refractivity contribution in [1.82, 2.24) is 14.3 Å². The monoisotopic (exact) mass is 441 g/mol. The summed E-state index contributed by atoms with van der Waals surface area (Å²) in [5.41, 5.74) is 1.09. The number of sulfonamides is 1. The number of rotatable bonds is 6. The molecule has 3 atom stereocenters. The van der Waals surface area contributed by atoms with Gasteiger partial charge in [0.15, 0.2) is 5.16 Å². The van der Waals surface area contributed by atoms with Gasteiger partial charge in [0.05, 0.1) is 12.2 Å². The van der Waals surface area contributed by atoms with Crippen LogP contribution in [0.15, 0.2) is 72.0 Å². The predicted molar refractivity (Wildman–Crippen MR) is 114 cm³/mol. The van der Waals surface area contributed by atoms with Gasteiger partial charge in [0.2, 0.25) is 10.0 Å². The van der Waals surface area contributed by atoms with Crippen LogP contribution >= 0.6 is 11.8 Å². The van der Waals surface area contributed by atoms with Gasteiger partial charge < -0.3 is 9.67 Å². The summed E-state index contributed by atoms with van der Waals surface area (Å²) in [5.74, 6) is -1.52. The molecule has 2 N–H and O–H groups in total. The van der Waals surface area contributed by atoms with Gasteiger partial charge in [0.25, 0.3) is 0 Å². The first-order valence-corrected chi connectivity index (χ1v) is 11.9. The Balaban J connectivity index is 1.34. The maximum Gasteiger partial charge on any atom is 0.325 e. The lowest BCUT2D eigenvalue weighted by Gasteiger charge is -2.18. The Kier molecular flexibility index (Phi) is 4.49. The molecule has 1 saturated carbocycles. The first-order chi connectivity index (χ1) is 14.4. The second-order valence-corrected chi connectivity index (χ2v) is 10.9. The van der Waals surface area contributed by atoms with E-state index in [2.05, 4.69) is 9.71 Å². The number of thioether (sulfide) groups is 1. The largest absolute Gasteiger partial charge is 0.480 e. The van der Waals surface area contributed by atoms with E-state index in [-0.39, 0.29) is 18.9 Å². The summed E-state index contributed by atoms with van der Waals surface area (Å²) in [5, 5.41) is 10.4. The van der Waals surface area contributed by atoms with Crippen molar-refractivity contribution in [2.75, 3.05) is 0 Å². The number of imidazole rings is 1. The SMILES string of the molecule is O=C(O)C1(NS(=O)(=O)C2Cn3cc(-c4ccccc4)nc3S2)CC1c1ccccc1. The average molecular weight is 442 g/mol. The molecule has 0 spiro atoms. The molecule has 2 aliphatic rings. The lowest BCUT2D eigenvalue weighted by atomic mass is 10.1. The van der Waals surface area contributed by atoms with Crippen molar-refractivity contribution < 1.29 is 18.3 Å². The quantitative estimate of drug-likeness (QED) is 0.610. The molecule has 0 bridgehead atoms. The van der Waals surface area contributed by atoms with E-state index in [0.29, 0.717) is 5.16 Å². The van der Waals surface area contributed by atoms with Gasteiger partial charge in [-0.15, -0.1) is 0 Å². The summed E-state index contributed by atoms with van der Waals surface area (Å²) in [6, 6.07) is 18.8. The Bertz CT molecular complexity index is 1190. The third-order valence-corrected chi connectivity index (χ3v) is 9.09. The summed E-state index contributed by atoms with van der Waals surface area (Å²) >= 11 is 1.14. The van der Waals surface area contributed by atoms with E-state index in [1.54, 1.807) is 0 Å². The molecule has 7 nitrogen and oxygen atoms in total. The Morgan fingerprint density at radius 2 is 1.80 bits per heavy atom. The second kappa shape index (κ2) is 6.97. The fourth-order valence-corrected chi connectivity index (χ4v) is 7.01. The predicted octanol–water partition coefficient (Wildman–Crippen LogP) is 2.91. The highest BCUT2D eigenvalue weighted by Gasteiger charge is 2.64. The van der Waals surface area contributed by atoms with Crippen LogP contribution in [0.2, 0.25) is 0 Å². The lowest BCUT2D eigenvalue weighted by molar-refractivity contribution is -0.140. The fraction of sp³-hybridized carbons (Fsp3) is 0.238. The number of nitrogens with one attached hydrogen (secondary N) is 1. The van der Waals surface area contributed by atoms with E-state index < -0.39 is 26.1 Å². The highest BCUT2D eigenvalue weighted by molar-refractivity contribution is 8.12. The molecule has 0 radical (unpaired) electrons. The number of fused-ring (bicyclic) bond motifs is 1. The molecule has 0 amide bonds. The van der Waals surface area contributed by atoms with Gasteiger partial charge in [-0.05, 0) is 12.0 Å². The standard InChI is InChI=1S/C21H19N3O4S2/c25-19(26)21(11-16(21)14-7-3-1-4-8-14)23-30(27,28)18-13-24-12-17(22-20(24)29-18)15-9-5-2-6-10-15/h1-10,12,16,18,23H,11,13H2,(H,25,26). The van der Waals surface area contributed by atoms with E-state index in [0.717, 1.165) is 28.6 Å². The smallest absolute Gasteiger partial charge is 0.325 e. The zero-order valence-electron chi connectivity index (χ0n) is 15.8. The molecule has 1 aromatic heterocycles. The van der Waals surface area contributed by atoms with Crippen molar-refractivity contribution in [2.24, 2.45) is 0 Å². The summed E-state index contributed by atoms with van der Waals surface area (Å²) in [4.78, 5) is 16.5. The van der Waals surface area contributed by atoms with Crippen LogP contribution < -0.4 is 4.72 Å². The number of carboxylic acids is 1. The maximum atomic E-state index is 13.1.